The molecule has 1 aromatic rings. The maximum absolute atomic E-state index is 11.4. The van der Waals surface area contributed by atoms with Gasteiger partial charge < -0.3 is 16.2 Å². The Morgan fingerprint density at radius 3 is 3.17 bits per heavy atom. The minimum absolute atomic E-state index is 0.116. The highest BCUT2D eigenvalue weighted by Crippen LogP contribution is 2.34. The normalized spacial score (nSPS) is 28.0. The Bertz CT molecular complexity index is 431. The van der Waals surface area contributed by atoms with Gasteiger partial charge in [-0.3, -0.25) is 9.48 Å². The monoisotopic (exact) mass is 252 g/mol. The number of rotatable bonds is 4. The number of nitrogens with two attached hydrogens (primary N) is 2. The predicted molar refractivity (Wildman–Crippen MR) is 67.0 cm³/mol. The van der Waals surface area contributed by atoms with Crippen molar-refractivity contribution in [2.24, 2.45) is 11.5 Å². The zero-order valence-corrected chi connectivity index (χ0v) is 10.6. The Hall–Kier alpha value is -1.56. The van der Waals surface area contributed by atoms with E-state index in [1.807, 2.05) is 17.8 Å². The van der Waals surface area contributed by atoms with E-state index in [4.69, 9.17) is 16.2 Å². The molecule has 0 radical (unpaired) electrons. The molecule has 100 valence electrons. The van der Waals surface area contributed by atoms with Crippen LogP contribution in [0.5, 0.6) is 5.75 Å². The summed E-state index contributed by atoms with van der Waals surface area (Å²) in [6.07, 6.45) is 6.56. The average Bonchev–Trinajstić information content (AvgIpc) is 2.78. The molecule has 1 aliphatic rings. The number of primary amides is 1. The van der Waals surface area contributed by atoms with Crippen LogP contribution in [0.3, 0.4) is 0 Å². The minimum Gasteiger partial charge on any atom is -0.491 e. The Morgan fingerprint density at radius 1 is 1.72 bits per heavy atom. The molecule has 0 saturated heterocycles. The first-order valence-electron chi connectivity index (χ1n) is 6.31. The maximum Gasteiger partial charge on any atom is 0.237 e. The number of ether oxygens (including phenoxy) is 1. The van der Waals surface area contributed by atoms with Crippen molar-refractivity contribution in [2.45, 2.75) is 44.2 Å². The molecule has 18 heavy (non-hydrogen) atoms. The summed E-state index contributed by atoms with van der Waals surface area (Å²) in [5.74, 6) is 0.314. The summed E-state index contributed by atoms with van der Waals surface area (Å²) >= 11 is 0. The quantitative estimate of drug-likeness (QED) is 0.819. The molecule has 0 aromatic carbocycles. The average molecular weight is 252 g/mol. The molecule has 6 heteroatoms. The second-order valence-electron chi connectivity index (χ2n) is 4.86. The fourth-order valence-corrected chi connectivity index (χ4v) is 2.49. The van der Waals surface area contributed by atoms with Crippen molar-refractivity contribution in [1.29, 1.82) is 0 Å². The van der Waals surface area contributed by atoms with Crippen LogP contribution < -0.4 is 16.2 Å². The zero-order valence-electron chi connectivity index (χ0n) is 10.6. The number of nitrogens with zero attached hydrogens (tertiary/aromatic N) is 2. The first kappa shape index (κ1) is 12.9. The van der Waals surface area contributed by atoms with Crippen LogP contribution in [-0.4, -0.2) is 27.8 Å². The van der Waals surface area contributed by atoms with Crippen LogP contribution in [0.4, 0.5) is 0 Å². The lowest BCUT2D eigenvalue weighted by molar-refractivity contribution is -0.124. The lowest BCUT2D eigenvalue weighted by atomic mass is 9.79. The van der Waals surface area contributed by atoms with E-state index in [-0.39, 0.29) is 6.04 Å². The molecule has 2 rings (SSSR count). The number of hydrogen-bond acceptors (Lipinski definition) is 4. The Balaban J connectivity index is 2.10. The number of carbonyl (C=O) groups is 1. The first-order chi connectivity index (χ1) is 8.55. The van der Waals surface area contributed by atoms with Crippen molar-refractivity contribution < 1.29 is 9.53 Å². The third-order valence-electron chi connectivity index (χ3n) is 3.51. The van der Waals surface area contributed by atoms with Crippen molar-refractivity contribution in [2.75, 3.05) is 6.61 Å². The van der Waals surface area contributed by atoms with Gasteiger partial charge in [0.05, 0.1) is 30.6 Å². The number of hydrogen-bond donors (Lipinski definition) is 2. The largest absolute Gasteiger partial charge is 0.491 e. The molecule has 1 aromatic heterocycles. The van der Waals surface area contributed by atoms with Gasteiger partial charge in [0.25, 0.3) is 0 Å². The van der Waals surface area contributed by atoms with Gasteiger partial charge in [0.1, 0.15) is 0 Å². The highest BCUT2D eigenvalue weighted by molar-refractivity contribution is 5.84. The second-order valence-corrected chi connectivity index (χ2v) is 4.86. The van der Waals surface area contributed by atoms with E-state index in [0.29, 0.717) is 19.4 Å². The van der Waals surface area contributed by atoms with E-state index in [1.54, 1.807) is 6.20 Å². The molecule has 6 nitrogen and oxygen atoms in total. The second kappa shape index (κ2) is 4.97. The van der Waals surface area contributed by atoms with E-state index in [0.717, 1.165) is 18.6 Å². The number of amides is 1. The maximum atomic E-state index is 11.4. The topological polar surface area (TPSA) is 96.2 Å². The molecule has 0 bridgehead atoms. The van der Waals surface area contributed by atoms with Gasteiger partial charge in [-0.1, -0.05) is 0 Å². The molecule has 4 N–H and O–H groups in total. The number of aromatic nitrogens is 2. The highest BCUT2D eigenvalue weighted by Gasteiger charge is 2.38. The van der Waals surface area contributed by atoms with Crippen LogP contribution in [-0.2, 0) is 4.79 Å². The SMILES string of the molecule is CCOc1cnn(C2CCCC(N)(C(N)=O)C2)c1. The van der Waals surface area contributed by atoms with E-state index < -0.39 is 11.4 Å². The van der Waals surface area contributed by atoms with Crippen LogP contribution in [0.1, 0.15) is 38.6 Å². The minimum atomic E-state index is -0.902. The van der Waals surface area contributed by atoms with Gasteiger partial charge in [0.15, 0.2) is 5.75 Å². The van der Waals surface area contributed by atoms with Crippen LogP contribution in [0.15, 0.2) is 12.4 Å². The van der Waals surface area contributed by atoms with Crippen molar-refractivity contribution >= 4 is 5.91 Å². The Kier molecular flexibility index (Phi) is 3.56. The molecule has 0 spiro atoms. The third-order valence-corrected chi connectivity index (χ3v) is 3.51. The molecule has 1 fully saturated rings. The van der Waals surface area contributed by atoms with Gasteiger partial charge in [-0.25, -0.2) is 0 Å². The van der Waals surface area contributed by atoms with Gasteiger partial charge in [0, 0.05) is 0 Å². The van der Waals surface area contributed by atoms with Gasteiger partial charge in [-0.2, -0.15) is 5.10 Å². The van der Waals surface area contributed by atoms with Crippen LogP contribution in [0, 0.1) is 0 Å². The van der Waals surface area contributed by atoms with Crippen LogP contribution in [0.2, 0.25) is 0 Å². The Labute approximate surface area is 106 Å². The summed E-state index contributed by atoms with van der Waals surface area (Å²) < 4.78 is 7.20. The third kappa shape index (κ3) is 2.48. The first-order valence-corrected chi connectivity index (χ1v) is 6.31. The molecule has 2 unspecified atom stereocenters. The van der Waals surface area contributed by atoms with Crippen LogP contribution >= 0.6 is 0 Å². The predicted octanol–water partition coefficient (Wildman–Crippen LogP) is 0.580. The van der Waals surface area contributed by atoms with Gasteiger partial charge in [-0.05, 0) is 32.6 Å². The summed E-state index contributed by atoms with van der Waals surface area (Å²) in [5.41, 5.74) is 10.5. The fraction of sp³-hybridized carbons (Fsp3) is 0.667. The van der Waals surface area contributed by atoms with Crippen molar-refractivity contribution in [3.8, 4) is 5.75 Å². The summed E-state index contributed by atoms with van der Waals surface area (Å²) in [7, 11) is 0. The standard InChI is InChI=1S/C12H20N4O2/c1-2-18-10-7-15-16(8-10)9-4-3-5-12(14,6-9)11(13)17/h7-9H,2-6,14H2,1H3,(H2,13,17). The molecule has 2 atom stereocenters. The summed E-state index contributed by atoms with van der Waals surface area (Å²) in [5, 5.41) is 4.27. The fourth-order valence-electron chi connectivity index (χ4n) is 2.49. The molecule has 1 amide bonds. The molecule has 1 saturated carbocycles. The molecular weight excluding hydrogens is 232 g/mol. The van der Waals surface area contributed by atoms with Gasteiger partial charge in [-0.15, -0.1) is 0 Å². The van der Waals surface area contributed by atoms with Gasteiger partial charge in [0.2, 0.25) is 5.91 Å². The summed E-state index contributed by atoms with van der Waals surface area (Å²) in [4.78, 5) is 11.4. The van der Waals surface area contributed by atoms with Crippen LogP contribution in [0.25, 0.3) is 0 Å². The van der Waals surface area contributed by atoms with Crippen molar-refractivity contribution in [1.82, 2.24) is 9.78 Å². The van der Waals surface area contributed by atoms with E-state index >= 15 is 0 Å². The van der Waals surface area contributed by atoms with Gasteiger partial charge >= 0.3 is 0 Å². The lowest BCUT2D eigenvalue weighted by Gasteiger charge is -2.35. The Morgan fingerprint density at radius 2 is 2.50 bits per heavy atom. The summed E-state index contributed by atoms with van der Waals surface area (Å²) in [6.45, 7) is 2.54. The molecule has 0 aliphatic heterocycles. The lowest BCUT2D eigenvalue weighted by Crippen LogP contribution is -2.54. The molecular formula is C12H20N4O2. The van der Waals surface area contributed by atoms with E-state index in [2.05, 4.69) is 5.10 Å². The van der Waals surface area contributed by atoms with E-state index in [9.17, 15) is 4.79 Å². The number of carbonyl (C=O) groups excluding carboxylic acids is 1. The highest BCUT2D eigenvalue weighted by atomic mass is 16.5. The zero-order chi connectivity index (χ0) is 13.2. The van der Waals surface area contributed by atoms with Crippen molar-refractivity contribution in [3.05, 3.63) is 12.4 Å². The molecule has 1 aliphatic carbocycles. The molecule has 1 heterocycles. The van der Waals surface area contributed by atoms with E-state index in [1.165, 1.54) is 0 Å². The summed E-state index contributed by atoms with van der Waals surface area (Å²) in [6, 6.07) is 0.116. The van der Waals surface area contributed by atoms with Crippen molar-refractivity contribution in [3.63, 3.8) is 0 Å². The smallest absolute Gasteiger partial charge is 0.237 e.